The van der Waals surface area contributed by atoms with Crippen molar-refractivity contribution in [2.75, 3.05) is 20.3 Å². The topological polar surface area (TPSA) is 78.9 Å². The maximum Gasteiger partial charge on any atom is 0.317 e. The van der Waals surface area contributed by atoms with Crippen LogP contribution in [0.5, 0.6) is 0 Å². The quantitative estimate of drug-likeness (QED) is 0.676. The predicted molar refractivity (Wildman–Crippen MR) is 75.6 cm³/mol. The summed E-state index contributed by atoms with van der Waals surface area (Å²) in [6, 6.07) is -0.335. The fourth-order valence-electron chi connectivity index (χ4n) is 2.28. The molecule has 1 aliphatic carbocycles. The molecule has 0 aromatic heterocycles. The lowest BCUT2D eigenvalue weighted by molar-refractivity contribution is -0.137. The lowest BCUT2D eigenvalue weighted by Crippen LogP contribution is -2.50. The van der Waals surface area contributed by atoms with Crippen LogP contribution in [-0.2, 0) is 9.53 Å². The number of carboxylic acids is 1. The Labute approximate surface area is 120 Å². The summed E-state index contributed by atoms with van der Waals surface area (Å²) in [4.78, 5) is 24.9. The van der Waals surface area contributed by atoms with Gasteiger partial charge < -0.3 is 20.1 Å². The maximum absolute atomic E-state index is 12.3. The van der Waals surface area contributed by atoms with Crippen LogP contribution < -0.4 is 5.32 Å². The molecule has 2 N–H and O–H groups in total. The Morgan fingerprint density at radius 1 is 1.45 bits per heavy atom. The van der Waals surface area contributed by atoms with Gasteiger partial charge in [-0.2, -0.15) is 0 Å². The molecule has 116 valence electrons. The van der Waals surface area contributed by atoms with Crippen molar-refractivity contribution in [2.45, 2.75) is 51.6 Å². The van der Waals surface area contributed by atoms with Crippen molar-refractivity contribution in [3.63, 3.8) is 0 Å². The van der Waals surface area contributed by atoms with Crippen LogP contribution in [0, 0.1) is 5.92 Å². The van der Waals surface area contributed by atoms with E-state index in [1.807, 2.05) is 13.8 Å². The van der Waals surface area contributed by atoms with Gasteiger partial charge >= 0.3 is 12.0 Å². The number of nitrogens with zero attached hydrogens (tertiary/aromatic N) is 1. The van der Waals surface area contributed by atoms with Crippen LogP contribution >= 0.6 is 0 Å². The first-order valence-electron chi connectivity index (χ1n) is 7.27. The molecular formula is C14H26N2O4. The molecule has 0 bridgehead atoms. The van der Waals surface area contributed by atoms with E-state index in [0.717, 1.165) is 12.8 Å². The SMILES string of the molecule is CCC(CC(=O)O)NC(=O)N(CCOC)C(C)C1CC1. The zero-order valence-electron chi connectivity index (χ0n) is 12.6. The van der Waals surface area contributed by atoms with Gasteiger partial charge in [0.15, 0.2) is 0 Å². The van der Waals surface area contributed by atoms with Gasteiger partial charge in [0, 0.05) is 25.7 Å². The molecule has 0 heterocycles. The Morgan fingerprint density at radius 2 is 2.10 bits per heavy atom. The fourth-order valence-corrected chi connectivity index (χ4v) is 2.28. The number of carbonyl (C=O) groups excluding carboxylic acids is 1. The Morgan fingerprint density at radius 3 is 2.55 bits per heavy atom. The number of nitrogens with one attached hydrogen (secondary N) is 1. The molecule has 1 aliphatic rings. The summed E-state index contributed by atoms with van der Waals surface area (Å²) >= 11 is 0. The number of hydrogen-bond acceptors (Lipinski definition) is 3. The molecule has 2 atom stereocenters. The van der Waals surface area contributed by atoms with Crippen molar-refractivity contribution in [1.29, 1.82) is 0 Å². The second kappa shape index (κ2) is 8.09. The minimum atomic E-state index is -0.893. The third-order valence-corrected chi connectivity index (χ3v) is 3.83. The van der Waals surface area contributed by atoms with E-state index >= 15 is 0 Å². The van der Waals surface area contributed by atoms with Gasteiger partial charge in [-0.1, -0.05) is 6.92 Å². The van der Waals surface area contributed by atoms with E-state index in [4.69, 9.17) is 9.84 Å². The van der Waals surface area contributed by atoms with E-state index in [0.29, 0.717) is 25.5 Å². The van der Waals surface area contributed by atoms with Crippen molar-refractivity contribution in [1.82, 2.24) is 10.2 Å². The van der Waals surface area contributed by atoms with Crippen LogP contribution in [0.4, 0.5) is 4.79 Å². The standard InChI is InChI=1S/C14H26N2O4/c1-4-12(9-13(17)18)15-14(19)16(7-8-20-3)10(2)11-5-6-11/h10-12H,4-9H2,1-3H3,(H,15,19)(H,17,18). The summed E-state index contributed by atoms with van der Waals surface area (Å²) in [7, 11) is 1.61. The number of aliphatic carboxylic acids is 1. The minimum absolute atomic E-state index is 0.0435. The molecule has 20 heavy (non-hydrogen) atoms. The number of carbonyl (C=O) groups is 2. The summed E-state index contributed by atoms with van der Waals surface area (Å²) in [6.07, 6.45) is 2.88. The predicted octanol–water partition coefficient (Wildman–Crippen LogP) is 1.70. The van der Waals surface area contributed by atoms with Crippen LogP contribution in [0.15, 0.2) is 0 Å². The second-order valence-electron chi connectivity index (χ2n) is 5.42. The Balaban J connectivity index is 2.58. The van der Waals surface area contributed by atoms with Gasteiger partial charge in [-0.3, -0.25) is 4.79 Å². The third-order valence-electron chi connectivity index (χ3n) is 3.83. The Kier molecular flexibility index (Phi) is 6.78. The molecule has 0 aromatic rings. The van der Waals surface area contributed by atoms with E-state index < -0.39 is 5.97 Å². The summed E-state index contributed by atoms with van der Waals surface area (Å²) in [5, 5.41) is 11.7. The molecule has 6 nitrogen and oxygen atoms in total. The fraction of sp³-hybridized carbons (Fsp3) is 0.857. The van der Waals surface area contributed by atoms with E-state index in [9.17, 15) is 9.59 Å². The molecule has 1 fully saturated rings. The Hall–Kier alpha value is -1.30. The van der Waals surface area contributed by atoms with Gasteiger partial charge in [-0.25, -0.2) is 4.79 Å². The van der Waals surface area contributed by atoms with E-state index in [1.165, 1.54) is 0 Å². The molecule has 1 rings (SSSR count). The third kappa shape index (κ3) is 5.36. The van der Waals surface area contributed by atoms with Gasteiger partial charge in [0.05, 0.1) is 13.0 Å². The van der Waals surface area contributed by atoms with Crippen LogP contribution in [-0.4, -0.2) is 54.4 Å². The van der Waals surface area contributed by atoms with E-state index in [-0.39, 0.29) is 24.5 Å². The molecular weight excluding hydrogens is 260 g/mol. The smallest absolute Gasteiger partial charge is 0.317 e. The summed E-state index contributed by atoms with van der Waals surface area (Å²) in [5.41, 5.74) is 0. The molecule has 6 heteroatoms. The summed E-state index contributed by atoms with van der Waals surface area (Å²) in [5.74, 6) is -0.326. The van der Waals surface area contributed by atoms with Gasteiger partial charge in [0.2, 0.25) is 0 Å². The number of methoxy groups -OCH3 is 1. The molecule has 0 aliphatic heterocycles. The minimum Gasteiger partial charge on any atom is -0.481 e. The van der Waals surface area contributed by atoms with Crippen LogP contribution in [0.3, 0.4) is 0 Å². The maximum atomic E-state index is 12.3. The lowest BCUT2D eigenvalue weighted by Gasteiger charge is -2.31. The number of hydrogen-bond donors (Lipinski definition) is 2. The van der Waals surface area contributed by atoms with Gasteiger partial charge in [-0.05, 0) is 32.1 Å². The highest BCUT2D eigenvalue weighted by Gasteiger charge is 2.34. The first-order valence-corrected chi connectivity index (χ1v) is 7.27. The number of ether oxygens (including phenoxy) is 1. The largest absolute Gasteiger partial charge is 0.481 e. The summed E-state index contributed by atoms with van der Waals surface area (Å²) < 4.78 is 5.05. The molecule has 0 spiro atoms. The van der Waals surface area contributed by atoms with Crippen LogP contribution in [0.1, 0.15) is 39.5 Å². The molecule has 2 amide bonds. The molecule has 0 radical (unpaired) electrons. The average Bonchev–Trinajstić information content (AvgIpc) is 3.21. The highest BCUT2D eigenvalue weighted by molar-refractivity contribution is 5.76. The van der Waals surface area contributed by atoms with Gasteiger partial charge in [0.1, 0.15) is 0 Å². The van der Waals surface area contributed by atoms with Crippen molar-refractivity contribution in [3.8, 4) is 0 Å². The van der Waals surface area contributed by atoms with E-state index in [2.05, 4.69) is 5.32 Å². The normalized spacial score (nSPS) is 17.4. The molecule has 1 saturated carbocycles. The number of carboxylic acid groups (broad SMARTS) is 1. The van der Waals surface area contributed by atoms with Crippen molar-refractivity contribution in [2.24, 2.45) is 5.92 Å². The van der Waals surface area contributed by atoms with Crippen LogP contribution in [0.2, 0.25) is 0 Å². The number of amides is 2. The zero-order valence-corrected chi connectivity index (χ0v) is 12.6. The molecule has 0 aromatic carbocycles. The lowest BCUT2D eigenvalue weighted by atomic mass is 10.1. The average molecular weight is 286 g/mol. The highest BCUT2D eigenvalue weighted by atomic mass is 16.5. The van der Waals surface area contributed by atoms with Gasteiger partial charge in [0.25, 0.3) is 0 Å². The monoisotopic (exact) mass is 286 g/mol. The first-order chi connectivity index (χ1) is 9.49. The number of rotatable bonds is 9. The van der Waals surface area contributed by atoms with Crippen molar-refractivity contribution in [3.05, 3.63) is 0 Å². The second-order valence-corrected chi connectivity index (χ2v) is 5.42. The zero-order chi connectivity index (χ0) is 15.1. The van der Waals surface area contributed by atoms with E-state index in [1.54, 1.807) is 12.0 Å². The Bertz CT molecular complexity index is 331. The van der Waals surface area contributed by atoms with Gasteiger partial charge in [-0.15, -0.1) is 0 Å². The highest BCUT2D eigenvalue weighted by Crippen LogP contribution is 2.35. The molecule has 2 unspecified atom stereocenters. The van der Waals surface area contributed by atoms with Crippen LogP contribution in [0.25, 0.3) is 0 Å². The van der Waals surface area contributed by atoms with Crippen molar-refractivity contribution < 1.29 is 19.4 Å². The summed E-state index contributed by atoms with van der Waals surface area (Å²) in [6.45, 7) is 4.94. The molecule has 0 saturated heterocycles. The number of urea groups is 1. The first kappa shape index (κ1) is 16.8. The van der Waals surface area contributed by atoms with Crippen molar-refractivity contribution >= 4 is 12.0 Å².